The van der Waals surface area contributed by atoms with Crippen LogP contribution >= 0.6 is 0 Å². The van der Waals surface area contributed by atoms with E-state index in [1.165, 1.54) is 12.7 Å². The van der Waals surface area contributed by atoms with Gasteiger partial charge in [0.05, 0.1) is 13.3 Å². The van der Waals surface area contributed by atoms with Crippen LogP contribution in [0.25, 0.3) is 0 Å². The van der Waals surface area contributed by atoms with Gasteiger partial charge >= 0.3 is 0 Å². The largest absolute Gasteiger partial charge is 0.491 e. The van der Waals surface area contributed by atoms with Crippen molar-refractivity contribution < 1.29 is 4.74 Å². The molecule has 0 radical (unpaired) electrons. The molecular weight excluding hydrogens is 192 g/mol. The highest BCUT2D eigenvalue weighted by Gasteiger charge is 2.14. The third-order valence-electron chi connectivity index (χ3n) is 2.62. The molecule has 2 rings (SSSR count). The molecule has 5 heteroatoms. The standard InChI is InChI=1S/C10H16N4O/c1-15-9-6-12-7-14-10(9)13-5-8-2-3-11-4-8/h6-8,11H,2-5H2,1H3,(H,12,13,14). The molecule has 1 fully saturated rings. The van der Waals surface area contributed by atoms with E-state index in [2.05, 4.69) is 20.6 Å². The molecule has 0 amide bonds. The van der Waals surface area contributed by atoms with E-state index < -0.39 is 0 Å². The van der Waals surface area contributed by atoms with Gasteiger partial charge in [0.15, 0.2) is 11.6 Å². The van der Waals surface area contributed by atoms with Gasteiger partial charge in [-0.15, -0.1) is 0 Å². The van der Waals surface area contributed by atoms with E-state index in [0.29, 0.717) is 11.7 Å². The molecule has 0 saturated carbocycles. The van der Waals surface area contributed by atoms with E-state index in [9.17, 15) is 0 Å². The van der Waals surface area contributed by atoms with Gasteiger partial charge in [-0.05, 0) is 25.4 Å². The summed E-state index contributed by atoms with van der Waals surface area (Å²) >= 11 is 0. The van der Waals surface area contributed by atoms with Crippen molar-refractivity contribution in [1.29, 1.82) is 0 Å². The molecular formula is C10H16N4O. The van der Waals surface area contributed by atoms with Gasteiger partial charge in [-0.1, -0.05) is 0 Å². The summed E-state index contributed by atoms with van der Waals surface area (Å²) in [6, 6.07) is 0. The minimum atomic E-state index is 0.685. The molecule has 0 aromatic carbocycles. The fraction of sp³-hybridized carbons (Fsp3) is 0.600. The first kappa shape index (κ1) is 10.2. The second-order valence-corrected chi connectivity index (χ2v) is 3.68. The molecule has 2 heterocycles. The molecule has 1 aliphatic heterocycles. The number of hydrogen-bond donors (Lipinski definition) is 2. The van der Waals surface area contributed by atoms with Crippen LogP contribution in [0, 0.1) is 5.92 Å². The van der Waals surface area contributed by atoms with Crippen molar-refractivity contribution in [2.24, 2.45) is 5.92 Å². The van der Waals surface area contributed by atoms with Crippen LogP contribution in [0.15, 0.2) is 12.5 Å². The summed E-state index contributed by atoms with van der Waals surface area (Å²) in [5, 5.41) is 6.62. The Morgan fingerprint density at radius 3 is 3.33 bits per heavy atom. The zero-order valence-electron chi connectivity index (χ0n) is 8.86. The zero-order valence-corrected chi connectivity index (χ0v) is 8.86. The molecule has 1 aromatic heterocycles. The fourth-order valence-electron chi connectivity index (χ4n) is 1.73. The molecule has 15 heavy (non-hydrogen) atoms. The van der Waals surface area contributed by atoms with Gasteiger partial charge in [0.25, 0.3) is 0 Å². The Balaban J connectivity index is 1.91. The number of anilines is 1. The third-order valence-corrected chi connectivity index (χ3v) is 2.62. The number of nitrogens with one attached hydrogen (secondary N) is 2. The van der Waals surface area contributed by atoms with Crippen molar-refractivity contribution >= 4 is 5.82 Å². The van der Waals surface area contributed by atoms with Crippen molar-refractivity contribution in [2.45, 2.75) is 6.42 Å². The Morgan fingerprint density at radius 2 is 2.60 bits per heavy atom. The SMILES string of the molecule is COc1cncnc1NCC1CCNC1. The molecule has 1 aromatic rings. The highest BCUT2D eigenvalue weighted by Crippen LogP contribution is 2.19. The zero-order chi connectivity index (χ0) is 10.5. The molecule has 1 atom stereocenters. The first-order valence-electron chi connectivity index (χ1n) is 5.18. The maximum atomic E-state index is 5.16. The van der Waals surface area contributed by atoms with Gasteiger partial charge in [-0.2, -0.15) is 0 Å². The number of nitrogens with zero attached hydrogens (tertiary/aromatic N) is 2. The molecule has 0 aliphatic carbocycles. The highest BCUT2D eigenvalue weighted by atomic mass is 16.5. The van der Waals surface area contributed by atoms with E-state index in [1.54, 1.807) is 13.3 Å². The predicted molar refractivity (Wildman–Crippen MR) is 58.1 cm³/mol. The lowest BCUT2D eigenvalue weighted by Crippen LogP contribution is -2.18. The average Bonchev–Trinajstić information content (AvgIpc) is 2.79. The van der Waals surface area contributed by atoms with Crippen molar-refractivity contribution in [1.82, 2.24) is 15.3 Å². The molecule has 0 spiro atoms. The minimum absolute atomic E-state index is 0.685. The Labute approximate surface area is 89.3 Å². The minimum Gasteiger partial charge on any atom is -0.491 e. The number of rotatable bonds is 4. The topological polar surface area (TPSA) is 59.1 Å². The van der Waals surface area contributed by atoms with E-state index in [0.717, 1.165) is 25.5 Å². The Bertz CT molecular complexity index is 312. The van der Waals surface area contributed by atoms with Gasteiger partial charge in [0, 0.05) is 6.54 Å². The maximum Gasteiger partial charge on any atom is 0.179 e. The van der Waals surface area contributed by atoms with E-state index in [-0.39, 0.29) is 0 Å². The summed E-state index contributed by atoms with van der Waals surface area (Å²) in [4.78, 5) is 8.05. The Hall–Kier alpha value is -1.36. The number of aromatic nitrogens is 2. The third kappa shape index (κ3) is 2.56. The van der Waals surface area contributed by atoms with Crippen molar-refractivity contribution in [2.75, 3.05) is 32.1 Å². The van der Waals surface area contributed by atoms with Crippen LogP contribution < -0.4 is 15.4 Å². The van der Waals surface area contributed by atoms with Gasteiger partial charge < -0.3 is 15.4 Å². The molecule has 5 nitrogen and oxygen atoms in total. The first-order valence-corrected chi connectivity index (χ1v) is 5.18. The Kier molecular flexibility index (Phi) is 3.34. The summed E-state index contributed by atoms with van der Waals surface area (Å²) < 4.78 is 5.16. The normalized spacial score (nSPS) is 20.2. The van der Waals surface area contributed by atoms with E-state index in [4.69, 9.17) is 4.74 Å². The van der Waals surface area contributed by atoms with Gasteiger partial charge in [0.1, 0.15) is 6.33 Å². The number of methoxy groups -OCH3 is 1. The quantitative estimate of drug-likeness (QED) is 0.755. The van der Waals surface area contributed by atoms with Crippen LogP contribution in [0.1, 0.15) is 6.42 Å². The summed E-state index contributed by atoms with van der Waals surface area (Å²) in [5.74, 6) is 2.16. The first-order chi connectivity index (χ1) is 7.40. The number of ether oxygens (including phenoxy) is 1. The summed E-state index contributed by atoms with van der Waals surface area (Å²) in [5.41, 5.74) is 0. The summed E-state index contributed by atoms with van der Waals surface area (Å²) in [7, 11) is 1.63. The second-order valence-electron chi connectivity index (χ2n) is 3.68. The molecule has 1 aliphatic rings. The van der Waals surface area contributed by atoms with Crippen LogP contribution in [0.4, 0.5) is 5.82 Å². The number of hydrogen-bond acceptors (Lipinski definition) is 5. The highest BCUT2D eigenvalue weighted by molar-refractivity contribution is 5.47. The van der Waals surface area contributed by atoms with Crippen molar-refractivity contribution in [3.8, 4) is 5.75 Å². The smallest absolute Gasteiger partial charge is 0.179 e. The molecule has 1 saturated heterocycles. The predicted octanol–water partition coefficient (Wildman–Crippen LogP) is 0.507. The molecule has 0 bridgehead atoms. The van der Waals surface area contributed by atoms with Crippen LogP contribution in [0.5, 0.6) is 5.75 Å². The van der Waals surface area contributed by atoms with Crippen molar-refractivity contribution in [3.05, 3.63) is 12.5 Å². The van der Waals surface area contributed by atoms with E-state index >= 15 is 0 Å². The van der Waals surface area contributed by atoms with Gasteiger partial charge in [0.2, 0.25) is 0 Å². The summed E-state index contributed by atoms with van der Waals surface area (Å²) in [6.07, 6.45) is 4.42. The van der Waals surface area contributed by atoms with E-state index in [1.807, 2.05) is 0 Å². The van der Waals surface area contributed by atoms with Gasteiger partial charge in [-0.3, -0.25) is 0 Å². The van der Waals surface area contributed by atoms with Crippen LogP contribution in [0.2, 0.25) is 0 Å². The average molecular weight is 208 g/mol. The monoisotopic (exact) mass is 208 g/mol. The fourth-order valence-corrected chi connectivity index (χ4v) is 1.73. The molecule has 2 N–H and O–H groups in total. The molecule has 1 unspecified atom stereocenters. The Morgan fingerprint density at radius 1 is 1.67 bits per heavy atom. The molecule has 82 valence electrons. The van der Waals surface area contributed by atoms with Crippen LogP contribution in [-0.4, -0.2) is 36.7 Å². The second kappa shape index (κ2) is 4.93. The lowest BCUT2D eigenvalue weighted by Gasteiger charge is -2.12. The summed E-state index contributed by atoms with van der Waals surface area (Å²) in [6.45, 7) is 3.13. The maximum absolute atomic E-state index is 5.16. The lowest BCUT2D eigenvalue weighted by molar-refractivity contribution is 0.412. The van der Waals surface area contributed by atoms with Crippen LogP contribution in [0.3, 0.4) is 0 Å². The van der Waals surface area contributed by atoms with Crippen molar-refractivity contribution in [3.63, 3.8) is 0 Å². The lowest BCUT2D eigenvalue weighted by atomic mass is 10.1. The van der Waals surface area contributed by atoms with Crippen LogP contribution in [-0.2, 0) is 0 Å². The van der Waals surface area contributed by atoms with Gasteiger partial charge in [-0.25, -0.2) is 9.97 Å².